The van der Waals surface area contributed by atoms with Crippen molar-refractivity contribution in [2.24, 2.45) is 16.9 Å². The van der Waals surface area contributed by atoms with E-state index in [4.69, 9.17) is 11.5 Å². The monoisotopic (exact) mass is 196 g/mol. The minimum Gasteiger partial charge on any atom is -0.369 e. The van der Waals surface area contributed by atoms with Crippen molar-refractivity contribution < 1.29 is 9.59 Å². The van der Waals surface area contributed by atoms with Gasteiger partial charge in [-0.05, 0) is 19.8 Å². The van der Waals surface area contributed by atoms with Crippen LogP contribution in [0.15, 0.2) is 24.8 Å². The van der Waals surface area contributed by atoms with Crippen molar-refractivity contribution >= 4 is 11.8 Å². The summed E-state index contributed by atoms with van der Waals surface area (Å²) in [7, 11) is 0. The minimum atomic E-state index is -1.33. The predicted octanol–water partition coefficient (Wildman–Crippen LogP) is 0.486. The third kappa shape index (κ3) is 2.45. The molecule has 0 saturated carbocycles. The maximum atomic E-state index is 11.2. The van der Waals surface area contributed by atoms with E-state index in [1.807, 2.05) is 0 Å². The quantitative estimate of drug-likeness (QED) is 0.478. The lowest BCUT2D eigenvalue weighted by molar-refractivity contribution is -0.139. The molecular formula is C10H16N2O2. The molecule has 4 nitrogen and oxygen atoms in total. The molecule has 0 aliphatic rings. The van der Waals surface area contributed by atoms with Crippen LogP contribution in [-0.2, 0) is 9.59 Å². The summed E-state index contributed by atoms with van der Waals surface area (Å²) in [4.78, 5) is 22.4. The van der Waals surface area contributed by atoms with Crippen LogP contribution >= 0.6 is 0 Å². The van der Waals surface area contributed by atoms with Gasteiger partial charge in [-0.1, -0.05) is 18.2 Å². The van der Waals surface area contributed by atoms with E-state index < -0.39 is 17.2 Å². The average Bonchev–Trinajstić information content (AvgIpc) is 2.11. The molecule has 0 aliphatic carbocycles. The summed E-state index contributed by atoms with van der Waals surface area (Å²) < 4.78 is 0. The Bertz CT molecular complexity index is 255. The SMILES string of the molecule is C=CCC(C/C=C/C)(C(N)=O)C(N)=O. The third-order valence-electron chi connectivity index (χ3n) is 2.14. The zero-order valence-electron chi connectivity index (χ0n) is 8.32. The van der Waals surface area contributed by atoms with Crippen LogP contribution in [0.5, 0.6) is 0 Å². The van der Waals surface area contributed by atoms with E-state index in [9.17, 15) is 9.59 Å². The maximum absolute atomic E-state index is 11.2. The largest absolute Gasteiger partial charge is 0.369 e. The summed E-state index contributed by atoms with van der Waals surface area (Å²) in [6.07, 6.45) is 5.30. The van der Waals surface area contributed by atoms with Crippen LogP contribution in [-0.4, -0.2) is 11.8 Å². The molecule has 4 N–H and O–H groups in total. The summed E-state index contributed by atoms with van der Waals surface area (Å²) in [5.74, 6) is -1.41. The fourth-order valence-corrected chi connectivity index (χ4v) is 1.17. The van der Waals surface area contributed by atoms with Crippen molar-refractivity contribution in [1.82, 2.24) is 0 Å². The Balaban J connectivity index is 5.03. The number of hydrogen-bond donors (Lipinski definition) is 2. The van der Waals surface area contributed by atoms with Crippen molar-refractivity contribution in [1.29, 1.82) is 0 Å². The molecule has 0 rings (SSSR count). The van der Waals surface area contributed by atoms with Gasteiger partial charge in [0, 0.05) is 0 Å². The molecule has 0 saturated heterocycles. The number of primary amides is 2. The molecule has 0 atom stereocenters. The number of nitrogens with two attached hydrogens (primary N) is 2. The van der Waals surface area contributed by atoms with Gasteiger partial charge in [-0.15, -0.1) is 6.58 Å². The lowest BCUT2D eigenvalue weighted by atomic mass is 9.79. The minimum absolute atomic E-state index is 0.169. The van der Waals surface area contributed by atoms with Gasteiger partial charge in [-0.25, -0.2) is 0 Å². The molecular weight excluding hydrogens is 180 g/mol. The molecule has 0 aromatic rings. The van der Waals surface area contributed by atoms with Crippen molar-refractivity contribution in [3.8, 4) is 0 Å². The molecule has 0 aliphatic heterocycles. The fraction of sp³-hybridized carbons (Fsp3) is 0.400. The van der Waals surface area contributed by atoms with Crippen LogP contribution in [0.3, 0.4) is 0 Å². The summed E-state index contributed by atoms with van der Waals surface area (Å²) in [5, 5.41) is 0. The Labute approximate surface area is 83.6 Å². The highest BCUT2D eigenvalue weighted by molar-refractivity contribution is 6.04. The van der Waals surface area contributed by atoms with Gasteiger partial charge >= 0.3 is 0 Å². The van der Waals surface area contributed by atoms with E-state index in [0.717, 1.165) is 0 Å². The maximum Gasteiger partial charge on any atom is 0.233 e. The van der Waals surface area contributed by atoms with E-state index in [0.29, 0.717) is 0 Å². The van der Waals surface area contributed by atoms with Gasteiger partial charge in [0.25, 0.3) is 0 Å². The molecule has 0 aromatic heterocycles. The molecule has 0 radical (unpaired) electrons. The lowest BCUT2D eigenvalue weighted by Crippen LogP contribution is -2.47. The molecule has 4 heteroatoms. The van der Waals surface area contributed by atoms with Crippen molar-refractivity contribution in [2.75, 3.05) is 0 Å². The number of carbonyl (C=O) groups is 2. The number of rotatable bonds is 6. The molecule has 0 bridgehead atoms. The molecule has 2 amide bonds. The first-order valence-corrected chi connectivity index (χ1v) is 4.33. The van der Waals surface area contributed by atoms with Crippen LogP contribution in [0, 0.1) is 5.41 Å². The second-order valence-corrected chi connectivity index (χ2v) is 3.08. The van der Waals surface area contributed by atoms with Crippen LogP contribution in [0.2, 0.25) is 0 Å². The van der Waals surface area contributed by atoms with Crippen LogP contribution < -0.4 is 11.5 Å². The van der Waals surface area contributed by atoms with Crippen molar-refractivity contribution in [2.45, 2.75) is 19.8 Å². The fourth-order valence-electron chi connectivity index (χ4n) is 1.17. The molecule has 0 aromatic carbocycles. The van der Waals surface area contributed by atoms with Crippen molar-refractivity contribution in [3.63, 3.8) is 0 Å². The Morgan fingerprint density at radius 3 is 2.07 bits per heavy atom. The number of amides is 2. The Morgan fingerprint density at radius 2 is 1.79 bits per heavy atom. The highest BCUT2D eigenvalue weighted by Crippen LogP contribution is 2.27. The summed E-state index contributed by atoms with van der Waals surface area (Å²) in [6, 6.07) is 0. The second kappa shape index (κ2) is 5.21. The topological polar surface area (TPSA) is 86.2 Å². The van der Waals surface area contributed by atoms with Gasteiger partial charge in [0.05, 0.1) is 0 Å². The molecule has 78 valence electrons. The van der Waals surface area contributed by atoms with Gasteiger partial charge in [0.2, 0.25) is 11.8 Å². The normalized spacial score (nSPS) is 11.5. The van der Waals surface area contributed by atoms with Gasteiger partial charge in [-0.2, -0.15) is 0 Å². The van der Waals surface area contributed by atoms with Gasteiger partial charge in [-0.3, -0.25) is 9.59 Å². The smallest absolute Gasteiger partial charge is 0.233 e. The summed E-state index contributed by atoms with van der Waals surface area (Å²) in [5.41, 5.74) is 9.03. The lowest BCUT2D eigenvalue weighted by Gasteiger charge is -2.24. The zero-order chi connectivity index (χ0) is 11.2. The molecule has 0 fully saturated rings. The first-order valence-electron chi connectivity index (χ1n) is 4.33. The predicted molar refractivity (Wildman–Crippen MR) is 55.1 cm³/mol. The second-order valence-electron chi connectivity index (χ2n) is 3.08. The van der Waals surface area contributed by atoms with E-state index in [1.165, 1.54) is 6.08 Å². The highest BCUT2D eigenvalue weighted by Gasteiger charge is 2.40. The number of hydrogen-bond acceptors (Lipinski definition) is 2. The van der Waals surface area contributed by atoms with Crippen LogP contribution in [0.25, 0.3) is 0 Å². The standard InChI is InChI=1S/C10H16N2O2/c1-3-5-7-10(6-4-2,8(11)13)9(12)14/h3-5H,2,6-7H2,1H3,(H2,11,13)(H2,12,14)/b5-3+. The average molecular weight is 196 g/mol. The van der Waals surface area contributed by atoms with Crippen molar-refractivity contribution in [3.05, 3.63) is 24.8 Å². The first kappa shape index (κ1) is 12.4. The van der Waals surface area contributed by atoms with Gasteiger partial charge in [0.15, 0.2) is 0 Å². The van der Waals surface area contributed by atoms with E-state index in [-0.39, 0.29) is 12.8 Å². The Kier molecular flexibility index (Phi) is 4.63. The first-order chi connectivity index (χ1) is 6.51. The molecule has 0 spiro atoms. The highest BCUT2D eigenvalue weighted by atomic mass is 16.2. The van der Waals surface area contributed by atoms with Crippen LogP contribution in [0.1, 0.15) is 19.8 Å². The van der Waals surface area contributed by atoms with E-state index in [1.54, 1.807) is 19.1 Å². The summed E-state index contributed by atoms with van der Waals surface area (Å²) >= 11 is 0. The van der Waals surface area contributed by atoms with E-state index >= 15 is 0 Å². The molecule has 0 heterocycles. The molecule has 14 heavy (non-hydrogen) atoms. The Hall–Kier alpha value is -1.58. The molecule has 0 unspecified atom stereocenters. The Morgan fingerprint density at radius 1 is 1.29 bits per heavy atom. The summed E-state index contributed by atoms with van der Waals surface area (Å²) in [6.45, 7) is 5.27. The number of allylic oxidation sites excluding steroid dienone is 3. The van der Waals surface area contributed by atoms with Gasteiger partial charge in [0.1, 0.15) is 5.41 Å². The van der Waals surface area contributed by atoms with Gasteiger partial charge < -0.3 is 11.5 Å². The zero-order valence-corrected chi connectivity index (χ0v) is 8.32. The van der Waals surface area contributed by atoms with E-state index in [2.05, 4.69) is 6.58 Å². The third-order valence-corrected chi connectivity index (χ3v) is 2.14. The number of carbonyl (C=O) groups excluding carboxylic acids is 2. The van der Waals surface area contributed by atoms with Crippen LogP contribution in [0.4, 0.5) is 0 Å².